The van der Waals surface area contributed by atoms with E-state index in [2.05, 4.69) is 11.4 Å². The third-order valence-electron chi connectivity index (χ3n) is 2.90. The molecule has 4 nitrogen and oxygen atoms in total. The van der Waals surface area contributed by atoms with Crippen LogP contribution in [0.5, 0.6) is 5.75 Å². The highest BCUT2D eigenvalue weighted by Crippen LogP contribution is 2.33. The number of nitrogens with zero attached hydrogens (tertiary/aromatic N) is 1. The third kappa shape index (κ3) is 3.59. The SMILES string of the molecule is CCCOc1cccc(Nc2cc(Cl)ccc2C#N)c1N. The molecule has 0 aliphatic heterocycles. The Bertz CT molecular complexity index is 680. The maximum Gasteiger partial charge on any atom is 0.144 e. The molecule has 0 aliphatic rings. The summed E-state index contributed by atoms with van der Waals surface area (Å²) in [7, 11) is 0. The molecule has 3 N–H and O–H groups in total. The topological polar surface area (TPSA) is 71.1 Å². The van der Waals surface area contributed by atoms with Gasteiger partial charge in [0, 0.05) is 5.02 Å². The summed E-state index contributed by atoms with van der Waals surface area (Å²) in [5, 5.41) is 12.8. The van der Waals surface area contributed by atoms with E-state index in [0.717, 1.165) is 6.42 Å². The molecule has 0 amide bonds. The molecule has 2 aromatic carbocycles. The lowest BCUT2D eigenvalue weighted by Crippen LogP contribution is -2.03. The van der Waals surface area contributed by atoms with Crippen molar-refractivity contribution in [2.75, 3.05) is 17.7 Å². The van der Waals surface area contributed by atoms with E-state index in [0.29, 0.717) is 40.0 Å². The second-order valence-electron chi connectivity index (χ2n) is 4.49. The van der Waals surface area contributed by atoms with Gasteiger partial charge in [0.1, 0.15) is 11.8 Å². The minimum atomic E-state index is 0.499. The number of hydrogen-bond donors (Lipinski definition) is 2. The minimum absolute atomic E-state index is 0.499. The smallest absolute Gasteiger partial charge is 0.144 e. The number of para-hydroxylation sites is 1. The van der Waals surface area contributed by atoms with Gasteiger partial charge in [-0.1, -0.05) is 24.6 Å². The highest BCUT2D eigenvalue weighted by Gasteiger charge is 2.09. The van der Waals surface area contributed by atoms with Crippen LogP contribution in [0.4, 0.5) is 17.1 Å². The van der Waals surface area contributed by atoms with Crippen molar-refractivity contribution in [3.63, 3.8) is 0 Å². The van der Waals surface area contributed by atoms with Crippen LogP contribution in [0.3, 0.4) is 0 Å². The fraction of sp³-hybridized carbons (Fsp3) is 0.188. The van der Waals surface area contributed by atoms with Gasteiger partial charge in [0.15, 0.2) is 0 Å². The summed E-state index contributed by atoms with van der Waals surface area (Å²) in [5.74, 6) is 0.627. The Morgan fingerprint density at radius 3 is 2.81 bits per heavy atom. The highest BCUT2D eigenvalue weighted by atomic mass is 35.5. The molecule has 2 aromatic rings. The number of rotatable bonds is 5. The summed E-state index contributed by atoms with van der Waals surface area (Å²) in [6.07, 6.45) is 0.907. The van der Waals surface area contributed by atoms with Gasteiger partial charge in [0.05, 0.1) is 29.2 Å². The standard InChI is InChI=1S/C16H16ClN3O/c1-2-8-21-15-5-3-4-13(16(15)19)20-14-9-12(17)7-6-11(14)10-18/h3-7,9,20H,2,8,19H2,1H3. The largest absolute Gasteiger partial charge is 0.491 e. The van der Waals surface area contributed by atoms with E-state index in [4.69, 9.17) is 27.3 Å². The first kappa shape index (κ1) is 15.0. The quantitative estimate of drug-likeness (QED) is 0.806. The van der Waals surface area contributed by atoms with Crippen LogP contribution in [0.25, 0.3) is 0 Å². The first-order valence-corrected chi connectivity index (χ1v) is 7.01. The van der Waals surface area contributed by atoms with Gasteiger partial charge in [-0.3, -0.25) is 0 Å². The molecule has 0 aromatic heterocycles. The second-order valence-corrected chi connectivity index (χ2v) is 4.93. The molecule has 2 rings (SSSR count). The summed E-state index contributed by atoms with van der Waals surface area (Å²) in [6.45, 7) is 2.64. The lowest BCUT2D eigenvalue weighted by molar-refractivity contribution is 0.319. The van der Waals surface area contributed by atoms with Crippen molar-refractivity contribution in [1.29, 1.82) is 5.26 Å². The molecule has 0 unspecified atom stereocenters. The average Bonchev–Trinajstić information content (AvgIpc) is 2.48. The van der Waals surface area contributed by atoms with Crippen molar-refractivity contribution in [2.24, 2.45) is 0 Å². The number of benzene rings is 2. The molecule has 0 heterocycles. The molecule has 0 radical (unpaired) electrons. The molecule has 21 heavy (non-hydrogen) atoms. The minimum Gasteiger partial charge on any atom is -0.491 e. The van der Waals surface area contributed by atoms with Gasteiger partial charge in [0.25, 0.3) is 0 Å². The molecular weight excluding hydrogens is 286 g/mol. The predicted molar refractivity (Wildman–Crippen MR) is 86.1 cm³/mol. The van der Waals surface area contributed by atoms with E-state index in [1.165, 1.54) is 0 Å². The van der Waals surface area contributed by atoms with Crippen LogP contribution in [-0.2, 0) is 0 Å². The van der Waals surface area contributed by atoms with Gasteiger partial charge >= 0.3 is 0 Å². The number of nitrogens with one attached hydrogen (secondary N) is 1. The summed E-state index contributed by atoms with van der Waals surface area (Å²) in [6, 6.07) is 12.6. The van der Waals surface area contributed by atoms with E-state index in [9.17, 15) is 0 Å². The van der Waals surface area contributed by atoms with E-state index in [1.807, 2.05) is 25.1 Å². The molecule has 108 valence electrons. The Morgan fingerprint density at radius 1 is 1.29 bits per heavy atom. The number of ether oxygens (including phenoxy) is 1. The zero-order chi connectivity index (χ0) is 15.2. The highest BCUT2D eigenvalue weighted by molar-refractivity contribution is 6.30. The Labute approximate surface area is 129 Å². The van der Waals surface area contributed by atoms with Crippen molar-refractivity contribution in [2.45, 2.75) is 13.3 Å². The van der Waals surface area contributed by atoms with Crippen molar-refractivity contribution in [3.8, 4) is 11.8 Å². The van der Waals surface area contributed by atoms with Gasteiger partial charge < -0.3 is 15.8 Å². The van der Waals surface area contributed by atoms with Crippen molar-refractivity contribution in [3.05, 3.63) is 47.0 Å². The lowest BCUT2D eigenvalue weighted by Gasteiger charge is -2.14. The van der Waals surface area contributed by atoms with E-state index >= 15 is 0 Å². The van der Waals surface area contributed by atoms with Gasteiger partial charge in [-0.05, 0) is 36.8 Å². The van der Waals surface area contributed by atoms with Crippen LogP contribution >= 0.6 is 11.6 Å². The van der Waals surface area contributed by atoms with Crippen LogP contribution in [-0.4, -0.2) is 6.61 Å². The van der Waals surface area contributed by atoms with Gasteiger partial charge in [-0.15, -0.1) is 0 Å². The molecule has 0 bridgehead atoms. The fourth-order valence-corrected chi connectivity index (χ4v) is 2.03. The Balaban J connectivity index is 2.32. The fourth-order valence-electron chi connectivity index (χ4n) is 1.85. The third-order valence-corrected chi connectivity index (χ3v) is 3.13. The van der Waals surface area contributed by atoms with Crippen molar-refractivity contribution in [1.82, 2.24) is 0 Å². The summed E-state index contributed by atoms with van der Waals surface area (Å²) >= 11 is 5.97. The average molecular weight is 302 g/mol. The number of anilines is 3. The number of halogens is 1. The number of hydrogen-bond acceptors (Lipinski definition) is 4. The van der Waals surface area contributed by atoms with Gasteiger partial charge in [-0.2, -0.15) is 5.26 Å². The zero-order valence-electron chi connectivity index (χ0n) is 11.7. The lowest BCUT2D eigenvalue weighted by atomic mass is 10.1. The number of nitrogen functional groups attached to an aromatic ring is 1. The first-order valence-electron chi connectivity index (χ1n) is 6.63. The maximum atomic E-state index is 9.14. The van der Waals surface area contributed by atoms with Crippen LogP contribution in [0, 0.1) is 11.3 Å². The van der Waals surface area contributed by atoms with Crippen molar-refractivity contribution < 1.29 is 4.74 Å². The Morgan fingerprint density at radius 2 is 2.10 bits per heavy atom. The second kappa shape index (κ2) is 6.87. The molecule has 0 fully saturated rings. The molecule has 5 heteroatoms. The molecular formula is C16H16ClN3O. The molecule has 0 atom stereocenters. The summed E-state index contributed by atoms with van der Waals surface area (Å²) in [5.41, 5.74) is 8.40. The normalized spacial score (nSPS) is 9.95. The molecule has 0 spiro atoms. The van der Waals surface area contributed by atoms with Crippen LogP contribution in [0.2, 0.25) is 5.02 Å². The first-order chi connectivity index (χ1) is 10.2. The van der Waals surface area contributed by atoms with E-state index in [1.54, 1.807) is 18.2 Å². The zero-order valence-corrected chi connectivity index (χ0v) is 12.4. The van der Waals surface area contributed by atoms with Crippen molar-refractivity contribution >= 4 is 28.7 Å². The van der Waals surface area contributed by atoms with E-state index in [-0.39, 0.29) is 0 Å². The summed E-state index contributed by atoms with van der Waals surface area (Å²) < 4.78 is 5.59. The molecule has 0 aliphatic carbocycles. The van der Waals surface area contributed by atoms with Gasteiger partial charge in [-0.25, -0.2) is 0 Å². The Hall–Kier alpha value is -2.38. The summed E-state index contributed by atoms with van der Waals surface area (Å²) in [4.78, 5) is 0. The van der Waals surface area contributed by atoms with Crippen LogP contribution in [0.15, 0.2) is 36.4 Å². The number of nitrogens with two attached hydrogens (primary N) is 1. The maximum absolute atomic E-state index is 9.14. The monoisotopic (exact) mass is 301 g/mol. The molecule has 0 saturated carbocycles. The van der Waals surface area contributed by atoms with Crippen LogP contribution < -0.4 is 15.8 Å². The Kier molecular flexibility index (Phi) is 4.91. The van der Waals surface area contributed by atoms with Gasteiger partial charge in [0.2, 0.25) is 0 Å². The molecule has 0 saturated heterocycles. The predicted octanol–water partition coefficient (Wildman–Crippen LogP) is 4.33. The van der Waals surface area contributed by atoms with E-state index < -0.39 is 0 Å². The van der Waals surface area contributed by atoms with Crippen LogP contribution in [0.1, 0.15) is 18.9 Å². The number of nitriles is 1.